The maximum Gasteiger partial charge on any atom is 0.287 e. The highest BCUT2D eigenvalue weighted by molar-refractivity contribution is 9.10. The summed E-state index contributed by atoms with van der Waals surface area (Å²) in [6.45, 7) is 0.387. The Morgan fingerprint density at radius 3 is 2.87 bits per heavy atom. The lowest BCUT2D eigenvalue weighted by molar-refractivity contribution is 0.0925. The zero-order chi connectivity index (χ0) is 16.4. The van der Waals surface area contributed by atoms with Crippen molar-refractivity contribution in [3.63, 3.8) is 0 Å². The molecular weight excluding hydrogens is 358 g/mol. The van der Waals surface area contributed by atoms with E-state index in [0.29, 0.717) is 17.9 Å². The number of anilines is 1. The number of para-hydroxylation sites is 1. The second-order valence-corrected chi connectivity index (χ2v) is 6.19. The predicted octanol–water partition coefficient (Wildman–Crippen LogP) is 3.59. The summed E-state index contributed by atoms with van der Waals surface area (Å²) in [7, 11) is 3.84. The number of nitrogens with one attached hydrogen (secondary N) is 1. The molecule has 0 saturated carbocycles. The smallest absolute Gasteiger partial charge is 0.287 e. The Hall–Kier alpha value is -2.34. The molecule has 23 heavy (non-hydrogen) atoms. The van der Waals surface area contributed by atoms with Crippen molar-refractivity contribution < 1.29 is 9.21 Å². The number of benzene rings is 1. The SMILES string of the molecule is CN(C)c1ncccc1CNC(=O)c1cc2cccc(Br)c2o1. The molecule has 3 rings (SSSR count). The van der Waals surface area contributed by atoms with Crippen molar-refractivity contribution in [1.29, 1.82) is 0 Å². The average molecular weight is 374 g/mol. The second-order valence-electron chi connectivity index (χ2n) is 5.33. The molecule has 0 atom stereocenters. The monoisotopic (exact) mass is 373 g/mol. The fourth-order valence-corrected chi connectivity index (χ4v) is 2.84. The number of rotatable bonds is 4. The summed E-state index contributed by atoms with van der Waals surface area (Å²) in [4.78, 5) is 18.6. The molecule has 0 radical (unpaired) electrons. The largest absolute Gasteiger partial charge is 0.450 e. The topological polar surface area (TPSA) is 58.4 Å². The lowest BCUT2D eigenvalue weighted by Gasteiger charge is -2.15. The third kappa shape index (κ3) is 3.22. The number of hydrogen-bond acceptors (Lipinski definition) is 4. The summed E-state index contributed by atoms with van der Waals surface area (Å²) in [5.74, 6) is 0.879. The van der Waals surface area contributed by atoms with Gasteiger partial charge in [0.15, 0.2) is 5.76 Å². The summed E-state index contributed by atoms with van der Waals surface area (Å²) in [5.41, 5.74) is 1.62. The Morgan fingerprint density at radius 1 is 1.30 bits per heavy atom. The molecule has 0 spiro atoms. The zero-order valence-corrected chi connectivity index (χ0v) is 14.4. The second kappa shape index (κ2) is 6.42. The van der Waals surface area contributed by atoms with Gasteiger partial charge in [-0.1, -0.05) is 18.2 Å². The van der Waals surface area contributed by atoms with Gasteiger partial charge in [0.2, 0.25) is 0 Å². The fraction of sp³-hybridized carbons (Fsp3) is 0.176. The molecule has 3 aromatic rings. The first-order valence-corrected chi connectivity index (χ1v) is 7.93. The van der Waals surface area contributed by atoms with E-state index < -0.39 is 0 Å². The summed E-state index contributed by atoms with van der Waals surface area (Å²) in [5, 5.41) is 3.77. The molecule has 0 saturated heterocycles. The zero-order valence-electron chi connectivity index (χ0n) is 12.8. The van der Waals surface area contributed by atoms with Crippen molar-refractivity contribution in [1.82, 2.24) is 10.3 Å². The highest BCUT2D eigenvalue weighted by Gasteiger charge is 2.14. The van der Waals surface area contributed by atoms with Crippen LogP contribution in [0.2, 0.25) is 0 Å². The van der Waals surface area contributed by atoms with Crippen LogP contribution in [0.5, 0.6) is 0 Å². The van der Waals surface area contributed by atoms with E-state index in [1.807, 2.05) is 49.3 Å². The molecule has 1 N–H and O–H groups in total. The number of amides is 1. The molecule has 0 bridgehead atoms. The third-order valence-corrected chi connectivity index (χ3v) is 4.07. The summed E-state index contributed by atoms with van der Waals surface area (Å²) < 4.78 is 6.47. The molecule has 0 unspecified atom stereocenters. The minimum absolute atomic E-state index is 0.248. The van der Waals surface area contributed by atoms with E-state index in [9.17, 15) is 4.79 Å². The Labute approximate surface area is 142 Å². The van der Waals surface area contributed by atoms with Gasteiger partial charge in [-0.15, -0.1) is 0 Å². The van der Waals surface area contributed by atoms with Gasteiger partial charge in [-0.2, -0.15) is 0 Å². The van der Waals surface area contributed by atoms with Crippen molar-refractivity contribution in [2.24, 2.45) is 0 Å². The lowest BCUT2D eigenvalue weighted by Crippen LogP contribution is -2.24. The summed E-state index contributed by atoms with van der Waals surface area (Å²) in [6, 6.07) is 11.2. The Balaban J connectivity index is 1.78. The van der Waals surface area contributed by atoms with Crippen LogP contribution in [0.4, 0.5) is 5.82 Å². The van der Waals surface area contributed by atoms with Crippen LogP contribution in [-0.4, -0.2) is 25.0 Å². The van der Waals surface area contributed by atoms with Gasteiger partial charge in [0, 0.05) is 37.8 Å². The van der Waals surface area contributed by atoms with Crippen LogP contribution >= 0.6 is 15.9 Å². The number of hydrogen-bond donors (Lipinski definition) is 1. The Kier molecular flexibility index (Phi) is 4.34. The molecule has 2 aromatic heterocycles. The van der Waals surface area contributed by atoms with Gasteiger partial charge in [-0.3, -0.25) is 4.79 Å². The van der Waals surface area contributed by atoms with Crippen LogP contribution in [0.15, 0.2) is 51.5 Å². The number of aromatic nitrogens is 1. The number of pyridine rings is 1. The molecule has 2 heterocycles. The first-order valence-electron chi connectivity index (χ1n) is 7.14. The van der Waals surface area contributed by atoms with Crippen molar-refractivity contribution in [2.75, 3.05) is 19.0 Å². The van der Waals surface area contributed by atoms with E-state index >= 15 is 0 Å². The van der Waals surface area contributed by atoms with E-state index in [-0.39, 0.29) is 5.91 Å². The van der Waals surface area contributed by atoms with Crippen LogP contribution < -0.4 is 10.2 Å². The number of carbonyl (C=O) groups is 1. The highest BCUT2D eigenvalue weighted by atomic mass is 79.9. The first kappa shape index (κ1) is 15.6. The number of carbonyl (C=O) groups excluding carboxylic acids is 1. The predicted molar refractivity (Wildman–Crippen MR) is 93.6 cm³/mol. The van der Waals surface area contributed by atoms with E-state index in [0.717, 1.165) is 21.2 Å². The van der Waals surface area contributed by atoms with Gasteiger partial charge in [0.1, 0.15) is 11.4 Å². The van der Waals surface area contributed by atoms with Crippen LogP contribution in [-0.2, 0) is 6.54 Å². The lowest BCUT2D eigenvalue weighted by atomic mass is 10.2. The fourth-order valence-electron chi connectivity index (χ4n) is 2.37. The van der Waals surface area contributed by atoms with E-state index in [1.54, 1.807) is 12.3 Å². The number of fused-ring (bicyclic) bond motifs is 1. The van der Waals surface area contributed by atoms with E-state index in [2.05, 4.69) is 26.2 Å². The van der Waals surface area contributed by atoms with Gasteiger partial charge in [0.05, 0.1) is 4.47 Å². The van der Waals surface area contributed by atoms with Gasteiger partial charge in [0.25, 0.3) is 5.91 Å². The van der Waals surface area contributed by atoms with Gasteiger partial charge in [-0.05, 0) is 34.1 Å². The molecule has 118 valence electrons. The molecule has 0 aliphatic heterocycles. The van der Waals surface area contributed by atoms with Crippen molar-refractivity contribution in [2.45, 2.75) is 6.54 Å². The van der Waals surface area contributed by atoms with Crippen molar-refractivity contribution in [3.8, 4) is 0 Å². The number of nitrogens with zero attached hydrogens (tertiary/aromatic N) is 2. The minimum atomic E-state index is -0.248. The van der Waals surface area contributed by atoms with E-state index in [1.165, 1.54) is 0 Å². The first-order chi connectivity index (χ1) is 11.1. The van der Waals surface area contributed by atoms with Gasteiger partial charge < -0.3 is 14.6 Å². The summed E-state index contributed by atoms with van der Waals surface area (Å²) >= 11 is 3.42. The van der Waals surface area contributed by atoms with Crippen molar-refractivity contribution >= 4 is 38.6 Å². The molecule has 0 aliphatic carbocycles. The standard InChI is InChI=1S/C17H16BrN3O2/c1-21(2)16-12(6-4-8-19-16)10-20-17(22)14-9-11-5-3-7-13(18)15(11)23-14/h3-9H,10H2,1-2H3,(H,20,22). The number of halogens is 1. The molecule has 5 nitrogen and oxygen atoms in total. The van der Waals surface area contributed by atoms with Crippen LogP contribution in [0, 0.1) is 0 Å². The molecule has 0 aliphatic rings. The third-order valence-electron chi connectivity index (χ3n) is 3.45. The molecule has 0 fully saturated rings. The molecular formula is C17H16BrN3O2. The average Bonchev–Trinajstić information content (AvgIpc) is 2.98. The Bertz CT molecular complexity index is 858. The quantitative estimate of drug-likeness (QED) is 0.759. The van der Waals surface area contributed by atoms with E-state index in [4.69, 9.17) is 4.42 Å². The van der Waals surface area contributed by atoms with Gasteiger partial charge >= 0.3 is 0 Å². The molecule has 1 amide bonds. The Morgan fingerprint density at radius 2 is 2.13 bits per heavy atom. The minimum Gasteiger partial charge on any atom is -0.450 e. The van der Waals surface area contributed by atoms with Crippen molar-refractivity contribution in [3.05, 3.63) is 58.4 Å². The molecule has 6 heteroatoms. The highest BCUT2D eigenvalue weighted by Crippen LogP contribution is 2.27. The van der Waals surface area contributed by atoms with Gasteiger partial charge in [-0.25, -0.2) is 4.98 Å². The normalized spacial score (nSPS) is 10.7. The van der Waals surface area contributed by atoms with Crippen LogP contribution in [0.3, 0.4) is 0 Å². The maximum absolute atomic E-state index is 12.3. The summed E-state index contributed by atoms with van der Waals surface area (Å²) in [6.07, 6.45) is 1.73. The molecule has 1 aromatic carbocycles. The number of furan rings is 1. The maximum atomic E-state index is 12.3. The van der Waals surface area contributed by atoms with Crippen LogP contribution in [0.1, 0.15) is 16.1 Å². The van der Waals surface area contributed by atoms with Crippen LogP contribution in [0.25, 0.3) is 11.0 Å².